The smallest absolute Gasteiger partial charge is 0.270 e. The molecule has 0 saturated heterocycles. The molecule has 2 atom stereocenters. The number of fused-ring (bicyclic) bond motifs is 1. The van der Waals surface area contributed by atoms with Gasteiger partial charge in [0.25, 0.3) is 5.91 Å². The Morgan fingerprint density at radius 2 is 1.50 bits per heavy atom. The summed E-state index contributed by atoms with van der Waals surface area (Å²) in [7, 11) is 1.56. The first-order valence-corrected chi connectivity index (χ1v) is 13.3. The summed E-state index contributed by atoms with van der Waals surface area (Å²) in [5.41, 5.74) is 1.27. The minimum absolute atomic E-state index is 0.315. The minimum atomic E-state index is -0.972. The Labute approximate surface area is 205 Å². The summed E-state index contributed by atoms with van der Waals surface area (Å²) in [4.78, 5) is 30.1. The third-order valence-electron chi connectivity index (χ3n) is 6.55. The van der Waals surface area contributed by atoms with E-state index in [2.05, 4.69) is 17.2 Å². The van der Waals surface area contributed by atoms with Crippen LogP contribution in [0.15, 0.2) is 30.3 Å². The Morgan fingerprint density at radius 1 is 0.941 bits per heavy atom. The number of aliphatic hydroxyl groups is 1. The van der Waals surface area contributed by atoms with Gasteiger partial charge in [0.1, 0.15) is 11.7 Å². The van der Waals surface area contributed by atoms with Gasteiger partial charge >= 0.3 is 0 Å². The summed E-state index contributed by atoms with van der Waals surface area (Å²) >= 11 is 0. The molecule has 0 bridgehead atoms. The van der Waals surface area contributed by atoms with Crippen LogP contribution in [0, 0.1) is 0 Å². The molecule has 0 spiro atoms. The van der Waals surface area contributed by atoms with E-state index in [-0.39, 0.29) is 11.8 Å². The van der Waals surface area contributed by atoms with Gasteiger partial charge in [-0.05, 0) is 25.5 Å². The molecule has 2 aromatic rings. The molecule has 34 heavy (non-hydrogen) atoms. The molecule has 1 aromatic carbocycles. The number of nitrogens with one attached hydrogen (secondary N) is 2. The molecule has 0 unspecified atom stereocenters. The van der Waals surface area contributed by atoms with Gasteiger partial charge in [0.15, 0.2) is 0 Å². The van der Waals surface area contributed by atoms with Crippen molar-refractivity contribution in [2.75, 3.05) is 13.6 Å². The largest absolute Gasteiger partial charge is 0.391 e. The monoisotopic (exact) mass is 471 g/mol. The van der Waals surface area contributed by atoms with Gasteiger partial charge in [0.2, 0.25) is 5.91 Å². The number of unbranched alkanes of at least 4 members (excludes halogenated alkanes) is 11. The number of amides is 2. The Balaban J connectivity index is 1.66. The molecule has 6 heteroatoms. The summed E-state index contributed by atoms with van der Waals surface area (Å²) < 4.78 is 0. The van der Waals surface area contributed by atoms with Crippen LogP contribution >= 0.6 is 0 Å². The molecule has 1 aromatic heterocycles. The van der Waals surface area contributed by atoms with E-state index in [4.69, 9.17) is 0 Å². The Bertz CT molecular complexity index is 828. The zero-order valence-corrected chi connectivity index (χ0v) is 21.4. The summed E-state index contributed by atoms with van der Waals surface area (Å²) in [6, 6.07) is 8.48. The van der Waals surface area contributed by atoms with Crippen molar-refractivity contribution in [2.45, 2.75) is 103 Å². The molecule has 0 aliphatic rings. The van der Waals surface area contributed by atoms with Crippen LogP contribution in [0.4, 0.5) is 0 Å². The Kier molecular flexibility index (Phi) is 12.8. The van der Waals surface area contributed by atoms with Crippen molar-refractivity contribution in [1.29, 1.82) is 0 Å². The van der Waals surface area contributed by atoms with Crippen LogP contribution in [0.2, 0.25) is 0 Å². The third kappa shape index (κ3) is 9.13. The maximum absolute atomic E-state index is 13.0. The predicted octanol–water partition coefficient (Wildman–Crippen LogP) is 5.81. The number of H-pyrrole nitrogens is 1. The molecular formula is C28H45N3O3. The lowest BCUT2D eigenvalue weighted by molar-refractivity contribution is -0.128. The highest BCUT2D eigenvalue weighted by molar-refractivity contribution is 6.00. The van der Waals surface area contributed by atoms with E-state index in [1.54, 1.807) is 20.0 Å². The van der Waals surface area contributed by atoms with Crippen molar-refractivity contribution < 1.29 is 14.7 Å². The lowest BCUT2D eigenvalue weighted by Gasteiger charge is -2.29. The molecule has 190 valence electrons. The lowest BCUT2D eigenvalue weighted by Crippen LogP contribution is -2.53. The van der Waals surface area contributed by atoms with E-state index in [1.807, 2.05) is 24.3 Å². The van der Waals surface area contributed by atoms with Crippen LogP contribution in [0.25, 0.3) is 10.9 Å². The number of aromatic nitrogens is 1. The first-order chi connectivity index (χ1) is 16.5. The summed E-state index contributed by atoms with van der Waals surface area (Å²) in [5.74, 6) is -0.632. The lowest BCUT2D eigenvalue weighted by atomic mass is 10.1. The molecule has 0 saturated carbocycles. The van der Waals surface area contributed by atoms with Gasteiger partial charge in [-0.15, -0.1) is 0 Å². The molecule has 0 radical (unpaired) electrons. The highest BCUT2D eigenvalue weighted by Gasteiger charge is 2.32. The van der Waals surface area contributed by atoms with E-state index < -0.39 is 12.1 Å². The summed E-state index contributed by atoms with van der Waals surface area (Å²) in [6.07, 6.45) is 14.2. The molecule has 2 rings (SSSR count). The fourth-order valence-corrected chi connectivity index (χ4v) is 4.51. The highest BCUT2D eigenvalue weighted by atomic mass is 16.3. The van der Waals surface area contributed by atoms with Crippen molar-refractivity contribution in [3.05, 3.63) is 36.0 Å². The summed E-state index contributed by atoms with van der Waals surface area (Å²) in [5, 5.41) is 14.1. The van der Waals surface area contributed by atoms with Gasteiger partial charge in [-0.25, -0.2) is 0 Å². The second-order valence-electron chi connectivity index (χ2n) is 9.55. The van der Waals surface area contributed by atoms with Crippen LogP contribution in [0.5, 0.6) is 0 Å². The number of benzene rings is 1. The number of hydrogen-bond donors (Lipinski definition) is 3. The number of carbonyl (C=O) groups is 2. The average molecular weight is 472 g/mol. The highest BCUT2D eigenvalue weighted by Crippen LogP contribution is 2.17. The number of rotatable bonds is 17. The van der Waals surface area contributed by atoms with Gasteiger partial charge in [-0.3, -0.25) is 9.59 Å². The van der Waals surface area contributed by atoms with Crippen molar-refractivity contribution in [3.63, 3.8) is 0 Å². The van der Waals surface area contributed by atoms with Gasteiger partial charge in [0.05, 0.1) is 6.10 Å². The molecule has 0 aliphatic carbocycles. The molecular weight excluding hydrogens is 426 g/mol. The van der Waals surface area contributed by atoms with Crippen molar-refractivity contribution in [3.8, 4) is 0 Å². The number of nitrogens with zero attached hydrogens (tertiary/aromatic N) is 1. The number of aromatic amines is 1. The topological polar surface area (TPSA) is 85.4 Å². The van der Waals surface area contributed by atoms with Gasteiger partial charge < -0.3 is 20.3 Å². The van der Waals surface area contributed by atoms with Crippen molar-refractivity contribution in [2.24, 2.45) is 0 Å². The number of aliphatic hydroxyl groups excluding tert-OH is 1. The van der Waals surface area contributed by atoms with E-state index in [0.717, 1.165) is 23.7 Å². The molecule has 6 nitrogen and oxygen atoms in total. The molecule has 3 N–H and O–H groups in total. The number of likely N-dealkylation sites (N-methyl/N-ethyl adjacent to an activating group) is 1. The van der Waals surface area contributed by atoms with E-state index in [9.17, 15) is 14.7 Å². The van der Waals surface area contributed by atoms with Crippen LogP contribution in [-0.2, 0) is 4.79 Å². The van der Waals surface area contributed by atoms with Crippen molar-refractivity contribution >= 4 is 22.7 Å². The normalized spacial score (nSPS) is 13.1. The van der Waals surface area contributed by atoms with Crippen molar-refractivity contribution in [1.82, 2.24) is 15.2 Å². The average Bonchev–Trinajstić information content (AvgIpc) is 3.25. The SMILES string of the molecule is CCCCCCCCCCCCCCNC(=O)[C@H]([C@@H](C)O)N(C)C(=O)c1cc2ccccc2[nH]1. The maximum Gasteiger partial charge on any atom is 0.270 e. The first kappa shape index (κ1) is 27.9. The van der Waals surface area contributed by atoms with E-state index in [0.29, 0.717) is 12.2 Å². The fourth-order valence-electron chi connectivity index (χ4n) is 4.51. The second kappa shape index (κ2) is 15.5. The second-order valence-corrected chi connectivity index (χ2v) is 9.55. The molecule has 0 aliphatic heterocycles. The predicted molar refractivity (Wildman–Crippen MR) is 140 cm³/mol. The quantitative estimate of drug-likeness (QED) is 0.255. The Morgan fingerprint density at radius 3 is 2.06 bits per heavy atom. The van der Waals surface area contributed by atoms with Crippen LogP contribution in [0.3, 0.4) is 0 Å². The number of para-hydroxylation sites is 1. The molecule has 2 amide bonds. The van der Waals surface area contributed by atoms with Gasteiger partial charge in [-0.2, -0.15) is 0 Å². The van der Waals surface area contributed by atoms with Gasteiger partial charge in [0, 0.05) is 24.5 Å². The summed E-state index contributed by atoms with van der Waals surface area (Å²) in [6.45, 7) is 4.36. The zero-order chi connectivity index (χ0) is 24.8. The van der Waals surface area contributed by atoms with E-state index >= 15 is 0 Å². The zero-order valence-electron chi connectivity index (χ0n) is 21.4. The van der Waals surface area contributed by atoms with Crippen LogP contribution < -0.4 is 5.32 Å². The van der Waals surface area contributed by atoms with E-state index in [1.165, 1.54) is 69.1 Å². The fraction of sp³-hybridized carbons (Fsp3) is 0.643. The minimum Gasteiger partial charge on any atom is -0.391 e. The Hall–Kier alpha value is -2.34. The maximum atomic E-state index is 13.0. The third-order valence-corrected chi connectivity index (χ3v) is 6.55. The van der Waals surface area contributed by atoms with Crippen LogP contribution in [0.1, 0.15) is 101 Å². The number of carbonyl (C=O) groups excluding carboxylic acids is 2. The molecule has 0 fully saturated rings. The molecule has 1 heterocycles. The standard InChI is InChI=1S/C28H45N3O3/c1-4-5-6-7-8-9-10-11-12-13-14-17-20-29-27(33)26(22(2)32)31(3)28(34)25-21-23-18-15-16-19-24(23)30-25/h15-16,18-19,21-22,26,30,32H,4-14,17,20H2,1-3H3,(H,29,33)/t22-,26+/m1/s1. The first-order valence-electron chi connectivity index (χ1n) is 13.3. The number of hydrogen-bond acceptors (Lipinski definition) is 3. The van der Waals surface area contributed by atoms with Crippen LogP contribution in [-0.4, -0.2) is 52.5 Å². The van der Waals surface area contributed by atoms with Gasteiger partial charge in [-0.1, -0.05) is 95.8 Å².